The van der Waals surface area contributed by atoms with Crippen LogP contribution in [0.3, 0.4) is 0 Å². The van der Waals surface area contributed by atoms with Crippen LogP contribution in [0.1, 0.15) is 18.4 Å². The number of rotatable bonds is 4. The molecule has 1 N–H and O–H groups in total. The Balaban J connectivity index is 1.66. The molecule has 0 spiro atoms. The van der Waals surface area contributed by atoms with Gasteiger partial charge in [0.2, 0.25) is 5.95 Å². The van der Waals surface area contributed by atoms with Crippen molar-refractivity contribution in [3.8, 4) is 11.3 Å². The fourth-order valence-electron chi connectivity index (χ4n) is 3.23. The van der Waals surface area contributed by atoms with Crippen molar-refractivity contribution in [1.29, 1.82) is 0 Å². The molecule has 4 rings (SSSR count). The number of nitrogens with zero attached hydrogens (tertiary/aromatic N) is 3. The van der Waals surface area contributed by atoms with Gasteiger partial charge in [-0.1, -0.05) is 30.3 Å². The number of alkyl halides is 3. The summed E-state index contributed by atoms with van der Waals surface area (Å²) in [6.45, 7) is 1.87. The normalized spacial score (nSPS) is 14.3. The quantitative estimate of drug-likeness (QED) is 0.644. The molecule has 1 aliphatic rings. The van der Waals surface area contributed by atoms with Gasteiger partial charge >= 0.3 is 6.18 Å². The molecule has 3 aromatic rings. The van der Waals surface area contributed by atoms with Gasteiger partial charge in [-0.2, -0.15) is 18.2 Å². The maximum absolute atomic E-state index is 12.8. The first-order chi connectivity index (χ1) is 13.5. The minimum atomic E-state index is -4.36. The highest BCUT2D eigenvalue weighted by molar-refractivity contribution is 5.66. The summed E-state index contributed by atoms with van der Waals surface area (Å²) in [5, 5.41) is 3.04. The van der Waals surface area contributed by atoms with Gasteiger partial charge in [0.15, 0.2) is 0 Å². The third-order valence-electron chi connectivity index (χ3n) is 4.68. The fourth-order valence-corrected chi connectivity index (χ4v) is 3.23. The van der Waals surface area contributed by atoms with Crippen molar-refractivity contribution < 1.29 is 13.2 Å². The smallest absolute Gasteiger partial charge is 0.356 e. The molecule has 0 unspecified atom stereocenters. The molecule has 0 saturated carbocycles. The van der Waals surface area contributed by atoms with E-state index in [-0.39, 0.29) is 0 Å². The third kappa shape index (κ3) is 4.08. The number of nitrogens with one attached hydrogen (secondary N) is 1. The molecule has 0 bridgehead atoms. The Morgan fingerprint density at radius 3 is 2.18 bits per heavy atom. The standard InChI is InChI=1S/C21H19F3N4/c22-21(23,24)16-8-10-17(11-9-16)25-20-26-18(15-6-2-1-3-7-15)14-19(27-20)28-12-4-5-13-28/h1-3,6-11,14H,4-5,12-13H2,(H,25,26,27). The van der Waals surface area contributed by atoms with Crippen LogP contribution in [0.15, 0.2) is 60.7 Å². The lowest BCUT2D eigenvalue weighted by Crippen LogP contribution is -2.19. The number of anilines is 3. The van der Waals surface area contributed by atoms with E-state index in [1.165, 1.54) is 12.1 Å². The largest absolute Gasteiger partial charge is 0.416 e. The molecule has 0 atom stereocenters. The molecule has 144 valence electrons. The molecule has 2 aromatic carbocycles. The summed E-state index contributed by atoms with van der Waals surface area (Å²) in [7, 11) is 0. The first kappa shape index (κ1) is 18.3. The summed E-state index contributed by atoms with van der Waals surface area (Å²) >= 11 is 0. The lowest BCUT2D eigenvalue weighted by molar-refractivity contribution is -0.137. The van der Waals surface area contributed by atoms with Crippen LogP contribution >= 0.6 is 0 Å². The third-order valence-corrected chi connectivity index (χ3v) is 4.68. The molecular weight excluding hydrogens is 365 g/mol. The summed E-state index contributed by atoms with van der Waals surface area (Å²) in [5.74, 6) is 1.18. The maximum Gasteiger partial charge on any atom is 0.416 e. The number of benzene rings is 2. The molecule has 0 amide bonds. The number of hydrogen-bond acceptors (Lipinski definition) is 4. The van der Waals surface area contributed by atoms with E-state index in [1.807, 2.05) is 36.4 Å². The van der Waals surface area contributed by atoms with Crippen LogP contribution < -0.4 is 10.2 Å². The maximum atomic E-state index is 12.8. The molecule has 7 heteroatoms. The fraction of sp³-hybridized carbons (Fsp3) is 0.238. The Morgan fingerprint density at radius 2 is 1.54 bits per heavy atom. The van der Waals surface area contributed by atoms with Gasteiger partial charge in [0.05, 0.1) is 11.3 Å². The second kappa shape index (κ2) is 7.50. The lowest BCUT2D eigenvalue weighted by atomic mass is 10.1. The molecule has 1 fully saturated rings. The Morgan fingerprint density at radius 1 is 0.857 bits per heavy atom. The van der Waals surface area contributed by atoms with Crippen molar-refractivity contribution in [3.05, 3.63) is 66.2 Å². The minimum absolute atomic E-state index is 0.364. The van der Waals surface area contributed by atoms with Gasteiger partial charge in [0.25, 0.3) is 0 Å². The summed E-state index contributed by atoms with van der Waals surface area (Å²) in [5.41, 5.74) is 1.55. The summed E-state index contributed by atoms with van der Waals surface area (Å²) < 4.78 is 38.3. The molecule has 1 aliphatic heterocycles. The lowest BCUT2D eigenvalue weighted by Gasteiger charge is -2.18. The van der Waals surface area contributed by atoms with E-state index in [2.05, 4.69) is 20.2 Å². The van der Waals surface area contributed by atoms with Crippen LogP contribution in [0.2, 0.25) is 0 Å². The predicted octanol–water partition coefficient (Wildman–Crippen LogP) is 5.51. The van der Waals surface area contributed by atoms with E-state index in [0.717, 1.165) is 55.1 Å². The number of aromatic nitrogens is 2. The highest BCUT2D eigenvalue weighted by Crippen LogP contribution is 2.31. The van der Waals surface area contributed by atoms with E-state index in [0.29, 0.717) is 11.6 Å². The average Bonchev–Trinajstić information content (AvgIpc) is 3.23. The zero-order valence-electron chi connectivity index (χ0n) is 15.1. The van der Waals surface area contributed by atoms with Gasteiger partial charge in [0.1, 0.15) is 5.82 Å². The van der Waals surface area contributed by atoms with Crippen LogP contribution in [0.5, 0.6) is 0 Å². The molecule has 2 heterocycles. The SMILES string of the molecule is FC(F)(F)c1ccc(Nc2nc(-c3ccccc3)cc(N3CCCC3)n2)cc1. The van der Waals surface area contributed by atoms with Gasteiger partial charge in [-0.05, 0) is 37.1 Å². The molecule has 0 aliphatic carbocycles. The molecule has 1 aromatic heterocycles. The van der Waals surface area contributed by atoms with Crippen molar-refractivity contribution in [1.82, 2.24) is 9.97 Å². The number of hydrogen-bond donors (Lipinski definition) is 1. The first-order valence-electron chi connectivity index (χ1n) is 9.13. The zero-order valence-corrected chi connectivity index (χ0v) is 15.1. The van der Waals surface area contributed by atoms with Crippen LogP contribution in [0.25, 0.3) is 11.3 Å². The average molecular weight is 384 g/mol. The Kier molecular flexibility index (Phi) is 4.90. The molecule has 4 nitrogen and oxygen atoms in total. The molecule has 0 radical (unpaired) electrons. The van der Waals surface area contributed by atoms with Crippen LogP contribution in [0.4, 0.5) is 30.6 Å². The summed E-state index contributed by atoms with van der Waals surface area (Å²) in [6, 6.07) is 16.6. The van der Waals surface area contributed by atoms with Crippen molar-refractivity contribution in [3.63, 3.8) is 0 Å². The van der Waals surface area contributed by atoms with Crippen LogP contribution in [-0.2, 0) is 6.18 Å². The van der Waals surface area contributed by atoms with Gasteiger partial charge in [-0.25, -0.2) is 4.98 Å². The predicted molar refractivity (Wildman–Crippen MR) is 104 cm³/mol. The molecule has 28 heavy (non-hydrogen) atoms. The van der Waals surface area contributed by atoms with E-state index in [9.17, 15) is 13.2 Å². The van der Waals surface area contributed by atoms with Crippen molar-refractivity contribution in [2.24, 2.45) is 0 Å². The second-order valence-electron chi connectivity index (χ2n) is 6.70. The van der Waals surface area contributed by atoms with Crippen molar-refractivity contribution in [2.75, 3.05) is 23.3 Å². The van der Waals surface area contributed by atoms with Gasteiger partial charge in [-0.3, -0.25) is 0 Å². The monoisotopic (exact) mass is 384 g/mol. The molecule has 1 saturated heterocycles. The Hall–Kier alpha value is -3.09. The summed E-state index contributed by atoms with van der Waals surface area (Å²) in [6.07, 6.45) is -2.12. The van der Waals surface area contributed by atoms with Gasteiger partial charge < -0.3 is 10.2 Å². The van der Waals surface area contributed by atoms with E-state index in [4.69, 9.17) is 0 Å². The second-order valence-corrected chi connectivity index (χ2v) is 6.70. The highest BCUT2D eigenvalue weighted by Gasteiger charge is 2.30. The summed E-state index contributed by atoms with van der Waals surface area (Å²) in [4.78, 5) is 11.4. The van der Waals surface area contributed by atoms with E-state index < -0.39 is 11.7 Å². The van der Waals surface area contributed by atoms with E-state index in [1.54, 1.807) is 0 Å². The van der Waals surface area contributed by atoms with Gasteiger partial charge in [0, 0.05) is 30.4 Å². The Labute approximate surface area is 161 Å². The zero-order chi connectivity index (χ0) is 19.6. The minimum Gasteiger partial charge on any atom is -0.356 e. The van der Waals surface area contributed by atoms with Crippen LogP contribution in [0, 0.1) is 0 Å². The Bertz CT molecular complexity index is 934. The first-order valence-corrected chi connectivity index (χ1v) is 9.13. The van der Waals surface area contributed by atoms with Gasteiger partial charge in [-0.15, -0.1) is 0 Å². The highest BCUT2D eigenvalue weighted by atomic mass is 19.4. The number of halogens is 3. The topological polar surface area (TPSA) is 41.1 Å². The molecular formula is C21H19F3N4. The van der Waals surface area contributed by atoms with Crippen LogP contribution in [-0.4, -0.2) is 23.1 Å². The van der Waals surface area contributed by atoms with E-state index >= 15 is 0 Å². The van der Waals surface area contributed by atoms with Crippen molar-refractivity contribution in [2.45, 2.75) is 19.0 Å². The van der Waals surface area contributed by atoms with Crippen molar-refractivity contribution >= 4 is 17.5 Å².